The lowest BCUT2D eigenvalue weighted by molar-refractivity contribution is 0.414. The lowest BCUT2D eigenvalue weighted by atomic mass is 9.94. The molecular weight excluding hydrogens is 172 g/mol. The van der Waals surface area contributed by atoms with Crippen LogP contribution < -0.4 is 4.74 Å². The summed E-state index contributed by atoms with van der Waals surface area (Å²) in [5.41, 5.74) is 2.69. The second-order valence-electron chi connectivity index (χ2n) is 3.44. The summed E-state index contributed by atoms with van der Waals surface area (Å²) in [6.45, 7) is 8.15. The number of aryl methyl sites for hydroxylation is 1. The minimum Gasteiger partial charge on any atom is -0.497 e. The van der Waals surface area contributed by atoms with Crippen molar-refractivity contribution >= 4 is 0 Å². The minimum absolute atomic E-state index is 0.389. The molecule has 0 aliphatic heterocycles. The van der Waals surface area contributed by atoms with E-state index in [1.807, 2.05) is 12.1 Å². The molecule has 1 aromatic carbocycles. The van der Waals surface area contributed by atoms with E-state index in [0.717, 1.165) is 12.2 Å². The van der Waals surface area contributed by atoms with Crippen molar-refractivity contribution in [2.24, 2.45) is 0 Å². The first-order chi connectivity index (χ1) is 6.72. The van der Waals surface area contributed by atoms with Gasteiger partial charge in [0.15, 0.2) is 0 Å². The van der Waals surface area contributed by atoms with Crippen LogP contribution in [0.25, 0.3) is 0 Å². The predicted molar refractivity (Wildman–Crippen MR) is 61.0 cm³/mol. The Kier molecular flexibility index (Phi) is 3.75. The van der Waals surface area contributed by atoms with Gasteiger partial charge >= 0.3 is 0 Å². The summed E-state index contributed by atoms with van der Waals surface area (Å²) in [4.78, 5) is 0. The molecule has 1 heteroatoms. The SMILES string of the molecule is C=CC(C)c1cc(OC)ccc1CC. The van der Waals surface area contributed by atoms with Gasteiger partial charge < -0.3 is 4.74 Å². The summed E-state index contributed by atoms with van der Waals surface area (Å²) in [6.07, 6.45) is 3.02. The van der Waals surface area contributed by atoms with Gasteiger partial charge in [-0.25, -0.2) is 0 Å². The van der Waals surface area contributed by atoms with Crippen molar-refractivity contribution in [3.63, 3.8) is 0 Å². The maximum atomic E-state index is 5.21. The second kappa shape index (κ2) is 4.85. The zero-order valence-electron chi connectivity index (χ0n) is 9.21. The van der Waals surface area contributed by atoms with Gasteiger partial charge in [0.05, 0.1) is 7.11 Å². The van der Waals surface area contributed by atoms with E-state index in [1.165, 1.54) is 11.1 Å². The molecule has 0 amide bonds. The molecule has 1 aromatic rings. The van der Waals surface area contributed by atoms with Crippen LogP contribution in [0.4, 0.5) is 0 Å². The number of methoxy groups -OCH3 is 1. The van der Waals surface area contributed by atoms with Crippen LogP contribution in [-0.4, -0.2) is 7.11 Å². The molecule has 76 valence electrons. The van der Waals surface area contributed by atoms with Crippen LogP contribution in [0, 0.1) is 0 Å². The number of hydrogen-bond donors (Lipinski definition) is 0. The van der Waals surface area contributed by atoms with Crippen LogP contribution in [0.2, 0.25) is 0 Å². The highest BCUT2D eigenvalue weighted by Crippen LogP contribution is 2.25. The summed E-state index contributed by atoms with van der Waals surface area (Å²) < 4.78 is 5.21. The summed E-state index contributed by atoms with van der Waals surface area (Å²) in [6, 6.07) is 6.25. The van der Waals surface area contributed by atoms with Crippen LogP contribution in [0.15, 0.2) is 30.9 Å². The molecule has 0 aliphatic carbocycles. The Balaban J connectivity index is 3.14. The number of allylic oxidation sites excluding steroid dienone is 1. The summed E-state index contributed by atoms with van der Waals surface area (Å²) in [7, 11) is 1.70. The van der Waals surface area contributed by atoms with E-state index < -0.39 is 0 Å². The highest BCUT2D eigenvalue weighted by molar-refractivity contribution is 5.39. The van der Waals surface area contributed by atoms with E-state index in [2.05, 4.69) is 32.6 Å². The molecule has 0 N–H and O–H groups in total. The molecule has 1 unspecified atom stereocenters. The van der Waals surface area contributed by atoms with Crippen LogP contribution in [0.5, 0.6) is 5.75 Å². The Labute approximate surface area is 86.4 Å². The average molecular weight is 190 g/mol. The first-order valence-corrected chi connectivity index (χ1v) is 5.02. The molecule has 0 bridgehead atoms. The van der Waals surface area contributed by atoms with Gasteiger partial charge in [0, 0.05) is 0 Å². The third kappa shape index (κ3) is 2.16. The zero-order chi connectivity index (χ0) is 10.6. The van der Waals surface area contributed by atoms with Crippen molar-refractivity contribution in [1.29, 1.82) is 0 Å². The first-order valence-electron chi connectivity index (χ1n) is 5.02. The molecule has 0 fully saturated rings. The number of rotatable bonds is 4. The van der Waals surface area contributed by atoms with Gasteiger partial charge in [-0.05, 0) is 35.6 Å². The quantitative estimate of drug-likeness (QED) is 0.660. The van der Waals surface area contributed by atoms with Crippen LogP contribution >= 0.6 is 0 Å². The molecule has 1 atom stereocenters. The van der Waals surface area contributed by atoms with Crippen LogP contribution in [0.1, 0.15) is 30.9 Å². The van der Waals surface area contributed by atoms with Gasteiger partial charge in [-0.15, -0.1) is 6.58 Å². The van der Waals surface area contributed by atoms with E-state index in [0.29, 0.717) is 5.92 Å². The van der Waals surface area contributed by atoms with Gasteiger partial charge in [-0.2, -0.15) is 0 Å². The fourth-order valence-corrected chi connectivity index (χ4v) is 1.57. The number of hydrogen-bond acceptors (Lipinski definition) is 1. The molecule has 0 aromatic heterocycles. The predicted octanol–water partition coefficient (Wildman–Crippen LogP) is 3.55. The van der Waals surface area contributed by atoms with E-state index >= 15 is 0 Å². The highest BCUT2D eigenvalue weighted by atomic mass is 16.5. The molecule has 0 spiro atoms. The molecule has 1 nitrogen and oxygen atoms in total. The Morgan fingerprint density at radius 3 is 2.71 bits per heavy atom. The summed E-state index contributed by atoms with van der Waals surface area (Å²) in [5.74, 6) is 1.31. The molecule has 0 saturated carbocycles. The van der Waals surface area contributed by atoms with Crippen LogP contribution in [-0.2, 0) is 6.42 Å². The maximum Gasteiger partial charge on any atom is 0.119 e. The van der Waals surface area contributed by atoms with Gasteiger partial charge in [0.25, 0.3) is 0 Å². The topological polar surface area (TPSA) is 9.23 Å². The lowest BCUT2D eigenvalue weighted by Crippen LogP contribution is -1.97. The van der Waals surface area contributed by atoms with Crippen molar-refractivity contribution < 1.29 is 4.74 Å². The van der Waals surface area contributed by atoms with E-state index in [4.69, 9.17) is 4.74 Å². The van der Waals surface area contributed by atoms with Crippen molar-refractivity contribution in [1.82, 2.24) is 0 Å². The Morgan fingerprint density at radius 1 is 1.50 bits per heavy atom. The summed E-state index contributed by atoms with van der Waals surface area (Å²) in [5, 5.41) is 0. The minimum atomic E-state index is 0.389. The Bertz CT molecular complexity index is 315. The smallest absolute Gasteiger partial charge is 0.119 e. The third-order valence-electron chi connectivity index (χ3n) is 2.58. The molecule has 0 saturated heterocycles. The largest absolute Gasteiger partial charge is 0.497 e. The van der Waals surface area contributed by atoms with Crippen LogP contribution in [0.3, 0.4) is 0 Å². The fourth-order valence-electron chi connectivity index (χ4n) is 1.57. The van der Waals surface area contributed by atoms with E-state index in [-0.39, 0.29) is 0 Å². The molecular formula is C13H18O. The van der Waals surface area contributed by atoms with Crippen molar-refractivity contribution in [2.45, 2.75) is 26.2 Å². The maximum absolute atomic E-state index is 5.21. The molecule has 14 heavy (non-hydrogen) atoms. The fraction of sp³-hybridized carbons (Fsp3) is 0.385. The van der Waals surface area contributed by atoms with Gasteiger partial charge in [-0.3, -0.25) is 0 Å². The number of ether oxygens (including phenoxy) is 1. The Hall–Kier alpha value is -1.24. The molecule has 0 heterocycles. The monoisotopic (exact) mass is 190 g/mol. The van der Waals surface area contributed by atoms with Crippen molar-refractivity contribution in [3.8, 4) is 5.75 Å². The van der Waals surface area contributed by atoms with Gasteiger partial charge in [-0.1, -0.05) is 26.0 Å². The average Bonchev–Trinajstić information content (AvgIpc) is 2.27. The molecule has 0 aliphatic rings. The van der Waals surface area contributed by atoms with Crippen molar-refractivity contribution in [3.05, 3.63) is 42.0 Å². The Morgan fingerprint density at radius 2 is 2.21 bits per heavy atom. The van der Waals surface area contributed by atoms with Crippen molar-refractivity contribution in [2.75, 3.05) is 7.11 Å². The number of benzene rings is 1. The standard InChI is InChI=1S/C13H18O/c1-5-10(3)13-9-12(14-4)8-7-11(13)6-2/h5,7-10H,1,6H2,2-4H3. The third-order valence-corrected chi connectivity index (χ3v) is 2.58. The lowest BCUT2D eigenvalue weighted by Gasteiger charge is -2.13. The second-order valence-corrected chi connectivity index (χ2v) is 3.44. The normalized spacial score (nSPS) is 12.2. The highest BCUT2D eigenvalue weighted by Gasteiger charge is 2.07. The van der Waals surface area contributed by atoms with E-state index in [1.54, 1.807) is 7.11 Å². The molecule has 0 radical (unpaired) electrons. The van der Waals surface area contributed by atoms with Gasteiger partial charge in [0.1, 0.15) is 5.75 Å². The van der Waals surface area contributed by atoms with E-state index in [9.17, 15) is 0 Å². The zero-order valence-corrected chi connectivity index (χ0v) is 9.21. The molecule has 1 rings (SSSR count). The summed E-state index contributed by atoms with van der Waals surface area (Å²) >= 11 is 0. The van der Waals surface area contributed by atoms with Gasteiger partial charge in [0.2, 0.25) is 0 Å². The first kappa shape index (κ1) is 10.8.